The molecule has 0 unspecified atom stereocenters. The Hall–Kier alpha value is -1.58. The summed E-state index contributed by atoms with van der Waals surface area (Å²) in [4.78, 5) is 12.6. The Balaban J connectivity index is 1.73. The highest BCUT2D eigenvalue weighted by Crippen LogP contribution is 2.52. The van der Waals surface area contributed by atoms with Crippen molar-refractivity contribution < 1.29 is 14.6 Å². The second-order valence-electron chi connectivity index (χ2n) is 7.81. The van der Waals surface area contributed by atoms with Crippen LogP contribution in [0, 0.1) is 11.8 Å². The summed E-state index contributed by atoms with van der Waals surface area (Å²) in [5.74, 6) is -0.295. The number of carbonyl (C=O) groups excluding carboxylic acids is 1. The molecule has 0 spiro atoms. The Morgan fingerprint density at radius 2 is 2.00 bits per heavy atom. The molecule has 1 aliphatic heterocycles. The molecule has 1 aromatic rings. The van der Waals surface area contributed by atoms with Crippen LogP contribution in [0.5, 0.6) is 0 Å². The van der Waals surface area contributed by atoms with Crippen molar-refractivity contribution in [3.63, 3.8) is 0 Å². The van der Waals surface area contributed by atoms with Crippen molar-refractivity contribution in [2.45, 2.75) is 51.2 Å². The molecular weight excluding hydrogens is 336 g/mol. The summed E-state index contributed by atoms with van der Waals surface area (Å²) >= 11 is 5.95. The second kappa shape index (κ2) is 6.00. The minimum Gasteiger partial charge on any atom is -0.458 e. The Bertz CT molecular complexity index is 773. The van der Waals surface area contributed by atoms with Crippen molar-refractivity contribution in [1.29, 1.82) is 0 Å². The van der Waals surface area contributed by atoms with E-state index in [9.17, 15) is 9.90 Å². The van der Waals surface area contributed by atoms with E-state index < -0.39 is 5.60 Å². The number of hydrogen-bond donors (Lipinski definition) is 1. The third-order valence-electron chi connectivity index (χ3n) is 6.12. The van der Waals surface area contributed by atoms with Crippen molar-refractivity contribution in [3.05, 3.63) is 51.6 Å². The number of ether oxygens (including phenoxy) is 1. The Morgan fingerprint density at radius 1 is 1.28 bits per heavy atom. The fourth-order valence-corrected chi connectivity index (χ4v) is 4.89. The Kier molecular flexibility index (Phi) is 4.04. The van der Waals surface area contributed by atoms with Gasteiger partial charge >= 0.3 is 5.97 Å². The van der Waals surface area contributed by atoms with Crippen LogP contribution < -0.4 is 0 Å². The minimum absolute atomic E-state index is 0.0326. The van der Waals surface area contributed by atoms with Gasteiger partial charge in [-0.05, 0) is 63.3 Å². The number of aliphatic hydroxyl groups is 1. The van der Waals surface area contributed by atoms with Crippen LogP contribution in [-0.2, 0) is 9.53 Å². The lowest BCUT2D eigenvalue weighted by molar-refractivity contribution is -0.144. The van der Waals surface area contributed by atoms with Crippen LogP contribution in [0.1, 0.15) is 45.1 Å². The zero-order chi connectivity index (χ0) is 17.8. The highest BCUT2D eigenvalue weighted by molar-refractivity contribution is 6.30. The van der Waals surface area contributed by atoms with Gasteiger partial charge in [0.05, 0.1) is 5.60 Å². The molecule has 1 saturated carbocycles. The van der Waals surface area contributed by atoms with Crippen molar-refractivity contribution in [3.8, 4) is 0 Å². The molecule has 4 rings (SSSR count). The Labute approximate surface area is 153 Å². The summed E-state index contributed by atoms with van der Waals surface area (Å²) in [7, 11) is 0. The summed E-state index contributed by atoms with van der Waals surface area (Å²) < 4.78 is 5.82. The molecule has 1 aromatic carbocycles. The van der Waals surface area contributed by atoms with Crippen molar-refractivity contribution in [2.75, 3.05) is 0 Å². The van der Waals surface area contributed by atoms with Gasteiger partial charge in [-0.1, -0.05) is 34.9 Å². The number of rotatable bonds is 1. The first kappa shape index (κ1) is 16.9. The zero-order valence-electron chi connectivity index (χ0n) is 14.6. The molecule has 3 aliphatic rings. The molecule has 1 saturated heterocycles. The van der Waals surface area contributed by atoms with Crippen LogP contribution in [0.4, 0.5) is 0 Å². The van der Waals surface area contributed by atoms with Crippen LogP contribution in [0.15, 0.2) is 41.0 Å². The van der Waals surface area contributed by atoms with Crippen LogP contribution in [0.25, 0.3) is 6.08 Å². The lowest BCUT2D eigenvalue weighted by atomic mass is 9.79. The van der Waals surface area contributed by atoms with Gasteiger partial charge in [-0.25, -0.2) is 4.79 Å². The molecule has 0 aromatic heterocycles. The second-order valence-corrected chi connectivity index (χ2v) is 8.24. The molecule has 4 heteroatoms. The quantitative estimate of drug-likeness (QED) is 0.455. The summed E-state index contributed by atoms with van der Waals surface area (Å²) in [6.07, 6.45) is 5.15. The van der Waals surface area contributed by atoms with E-state index in [2.05, 4.69) is 6.92 Å². The summed E-state index contributed by atoms with van der Waals surface area (Å²) in [5, 5.41) is 11.6. The van der Waals surface area contributed by atoms with Gasteiger partial charge in [0.1, 0.15) is 6.10 Å². The van der Waals surface area contributed by atoms with Gasteiger partial charge in [0.25, 0.3) is 0 Å². The summed E-state index contributed by atoms with van der Waals surface area (Å²) in [6, 6.07) is 7.47. The number of halogens is 1. The third-order valence-corrected chi connectivity index (χ3v) is 6.37. The molecule has 2 fully saturated rings. The maximum Gasteiger partial charge on any atom is 0.334 e. The van der Waals surface area contributed by atoms with Crippen molar-refractivity contribution in [2.24, 2.45) is 11.8 Å². The summed E-state index contributed by atoms with van der Waals surface area (Å²) in [5.41, 5.74) is 3.53. The SMILES string of the molecule is CC1=C2CC[C@@](C)(O)[C@@H]2[C@H]2OC(=O)/C(=C/c3ccc(Cl)cc3)[C@@H]2CC1. The van der Waals surface area contributed by atoms with Crippen molar-refractivity contribution in [1.82, 2.24) is 0 Å². The maximum atomic E-state index is 12.6. The smallest absolute Gasteiger partial charge is 0.334 e. The average molecular weight is 359 g/mol. The number of hydrogen-bond acceptors (Lipinski definition) is 3. The Morgan fingerprint density at radius 3 is 2.72 bits per heavy atom. The minimum atomic E-state index is -0.806. The van der Waals surface area contributed by atoms with Crippen molar-refractivity contribution >= 4 is 23.6 Å². The molecule has 132 valence electrons. The van der Waals surface area contributed by atoms with Gasteiger partial charge < -0.3 is 9.84 Å². The molecule has 3 nitrogen and oxygen atoms in total. The number of esters is 1. The fraction of sp³-hybridized carbons (Fsp3) is 0.476. The molecule has 0 bridgehead atoms. The largest absolute Gasteiger partial charge is 0.458 e. The van der Waals surface area contributed by atoms with E-state index in [0.717, 1.165) is 36.8 Å². The lowest BCUT2D eigenvalue weighted by Crippen LogP contribution is -2.40. The van der Waals surface area contributed by atoms with E-state index in [1.807, 2.05) is 37.3 Å². The zero-order valence-corrected chi connectivity index (χ0v) is 15.3. The van der Waals surface area contributed by atoms with Gasteiger partial charge in [0.15, 0.2) is 0 Å². The van der Waals surface area contributed by atoms with Gasteiger partial charge in [0, 0.05) is 22.4 Å². The lowest BCUT2D eigenvalue weighted by Gasteiger charge is -2.32. The topological polar surface area (TPSA) is 46.5 Å². The van der Waals surface area contributed by atoms with E-state index in [4.69, 9.17) is 16.3 Å². The molecule has 1 heterocycles. The first-order valence-corrected chi connectivity index (χ1v) is 9.33. The first-order valence-electron chi connectivity index (χ1n) is 8.96. The molecular formula is C21H23ClO3. The first-order chi connectivity index (χ1) is 11.9. The predicted octanol–water partition coefficient (Wildman–Crippen LogP) is 4.54. The third kappa shape index (κ3) is 2.84. The van der Waals surface area contributed by atoms with Crippen LogP contribution in [0.2, 0.25) is 5.02 Å². The number of carbonyl (C=O) groups is 1. The van der Waals surface area contributed by atoms with Gasteiger partial charge in [-0.15, -0.1) is 0 Å². The summed E-state index contributed by atoms with van der Waals surface area (Å²) in [6.45, 7) is 4.05. The monoisotopic (exact) mass is 358 g/mol. The van der Waals surface area contributed by atoms with Gasteiger partial charge in [0.2, 0.25) is 0 Å². The predicted molar refractivity (Wildman–Crippen MR) is 98.1 cm³/mol. The molecule has 2 aliphatic carbocycles. The van der Waals surface area contributed by atoms with E-state index in [0.29, 0.717) is 5.02 Å². The molecule has 4 atom stereocenters. The van der Waals surface area contributed by atoms with E-state index in [1.54, 1.807) is 0 Å². The molecule has 0 amide bonds. The number of benzene rings is 1. The standard InChI is InChI=1S/C21H23ClO3/c1-12-3-8-16-17(11-13-4-6-14(22)7-5-13)20(23)25-19(16)18-15(12)9-10-21(18,2)24/h4-7,11,16,18-19,24H,3,8-10H2,1-2H3/b17-11+/t16-,18-,19-,21+/m0/s1. The average Bonchev–Trinajstić information content (AvgIpc) is 2.98. The normalized spacial score (nSPS) is 36.2. The molecule has 1 N–H and O–H groups in total. The number of allylic oxidation sites excluding steroid dienone is 1. The highest BCUT2D eigenvalue weighted by atomic mass is 35.5. The van der Waals surface area contributed by atoms with E-state index in [1.165, 1.54) is 11.1 Å². The number of fused-ring (bicyclic) bond motifs is 3. The van der Waals surface area contributed by atoms with Crippen LogP contribution >= 0.6 is 11.6 Å². The maximum absolute atomic E-state index is 12.6. The highest BCUT2D eigenvalue weighted by Gasteiger charge is 2.54. The van der Waals surface area contributed by atoms with Crippen LogP contribution in [0.3, 0.4) is 0 Å². The van der Waals surface area contributed by atoms with E-state index >= 15 is 0 Å². The molecule has 25 heavy (non-hydrogen) atoms. The van der Waals surface area contributed by atoms with Gasteiger partial charge in [-0.2, -0.15) is 0 Å². The van der Waals surface area contributed by atoms with Crippen LogP contribution in [-0.4, -0.2) is 22.8 Å². The van der Waals surface area contributed by atoms with Gasteiger partial charge in [-0.3, -0.25) is 0 Å². The van der Waals surface area contributed by atoms with E-state index in [-0.39, 0.29) is 23.9 Å². The fourth-order valence-electron chi connectivity index (χ4n) is 4.76. The molecule has 0 radical (unpaired) electrons.